The van der Waals surface area contributed by atoms with E-state index in [1.165, 1.54) is 0 Å². The van der Waals surface area contributed by atoms with Crippen LogP contribution in [0.2, 0.25) is 0 Å². The maximum Gasteiger partial charge on any atom is 0.236 e. The molecule has 2 aliphatic rings. The van der Waals surface area contributed by atoms with Crippen LogP contribution in [0.5, 0.6) is 0 Å². The normalized spacial score (nSPS) is 26.5. The van der Waals surface area contributed by atoms with Crippen LogP contribution in [-0.4, -0.2) is 49.6 Å². The van der Waals surface area contributed by atoms with Gasteiger partial charge in [-0.15, -0.1) is 0 Å². The van der Waals surface area contributed by atoms with E-state index in [2.05, 4.69) is 15.5 Å². The number of piperazine rings is 1. The van der Waals surface area contributed by atoms with E-state index in [0.717, 1.165) is 39.0 Å². The molecule has 0 spiro atoms. The minimum atomic E-state index is 0.276. The summed E-state index contributed by atoms with van der Waals surface area (Å²) in [4.78, 5) is 13.6. The molecule has 0 saturated carbocycles. The minimum absolute atomic E-state index is 0.276. The molecule has 0 aromatic heterocycles. The molecule has 0 unspecified atom stereocenters. The minimum Gasteiger partial charge on any atom is -0.337 e. The van der Waals surface area contributed by atoms with Crippen LogP contribution < -0.4 is 10.6 Å². The van der Waals surface area contributed by atoms with Crippen LogP contribution >= 0.6 is 0 Å². The Bertz CT molecular complexity index is 189. The van der Waals surface area contributed by atoms with Gasteiger partial charge in [0.1, 0.15) is 0 Å². The predicted octanol–water partition coefficient (Wildman–Crippen LogP) is -0.830. The van der Waals surface area contributed by atoms with E-state index in [4.69, 9.17) is 0 Å². The van der Waals surface area contributed by atoms with Gasteiger partial charge < -0.3 is 15.5 Å². The fourth-order valence-electron chi connectivity index (χ4n) is 2.13. The maximum absolute atomic E-state index is 11.5. The lowest BCUT2D eigenvalue weighted by Gasteiger charge is -2.37. The lowest BCUT2D eigenvalue weighted by Crippen LogP contribution is -2.54. The third-order valence-electron chi connectivity index (χ3n) is 2.88. The maximum atomic E-state index is 11.5. The zero-order valence-corrected chi connectivity index (χ0v) is 7.88. The van der Waals surface area contributed by atoms with Gasteiger partial charge in [-0.3, -0.25) is 4.79 Å². The van der Waals surface area contributed by atoms with Gasteiger partial charge in [-0.2, -0.15) is 0 Å². The summed E-state index contributed by atoms with van der Waals surface area (Å²) in [6, 6.07) is 0.496. The summed E-state index contributed by atoms with van der Waals surface area (Å²) >= 11 is 0. The van der Waals surface area contributed by atoms with Crippen molar-refractivity contribution >= 4 is 5.91 Å². The second kappa shape index (κ2) is 4.07. The highest BCUT2D eigenvalue weighted by Gasteiger charge is 2.26. The fourth-order valence-corrected chi connectivity index (χ4v) is 2.13. The van der Waals surface area contributed by atoms with E-state index in [1.807, 2.05) is 0 Å². The van der Waals surface area contributed by atoms with E-state index in [9.17, 15) is 4.79 Å². The molecule has 2 saturated heterocycles. The van der Waals surface area contributed by atoms with Crippen LogP contribution in [0.4, 0.5) is 0 Å². The van der Waals surface area contributed by atoms with Crippen molar-refractivity contribution in [2.45, 2.75) is 18.9 Å². The summed E-state index contributed by atoms with van der Waals surface area (Å²) in [5, 5.41) is 6.41. The molecule has 0 aromatic rings. The summed E-state index contributed by atoms with van der Waals surface area (Å²) in [5.74, 6) is 0.276. The first-order chi connectivity index (χ1) is 6.38. The van der Waals surface area contributed by atoms with E-state index in [0.29, 0.717) is 12.6 Å². The third kappa shape index (κ3) is 2.00. The summed E-state index contributed by atoms with van der Waals surface area (Å²) in [6.07, 6.45) is 2.23. The third-order valence-corrected chi connectivity index (χ3v) is 2.88. The van der Waals surface area contributed by atoms with Crippen LogP contribution in [-0.2, 0) is 4.79 Å². The van der Waals surface area contributed by atoms with Gasteiger partial charge in [0.15, 0.2) is 0 Å². The molecule has 0 aromatic carbocycles. The van der Waals surface area contributed by atoms with Gasteiger partial charge in [-0.25, -0.2) is 0 Å². The number of carbonyl (C=O) groups is 1. The van der Waals surface area contributed by atoms with Crippen LogP contribution in [0.3, 0.4) is 0 Å². The average molecular weight is 183 g/mol. The summed E-state index contributed by atoms with van der Waals surface area (Å²) in [7, 11) is 0. The Morgan fingerprint density at radius 3 is 2.62 bits per heavy atom. The smallest absolute Gasteiger partial charge is 0.236 e. The second-order valence-electron chi connectivity index (χ2n) is 3.75. The molecule has 2 fully saturated rings. The van der Waals surface area contributed by atoms with Crippen molar-refractivity contribution in [2.75, 3.05) is 32.7 Å². The first kappa shape index (κ1) is 8.97. The fraction of sp³-hybridized carbons (Fsp3) is 0.889. The topological polar surface area (TPSA) is 44.4 Å². The summed E-state index contributed by atoms with van der Waals surface area (Å²) < 4.78 is 0. The molecule has 2 heterocycles. The molecular weight excluding hydrogens is 166 g/mol. The highest BCUT2D eigenvalue weighted by molar-refractivity contribution is 5.79. The molecular formula is C9H17N3O. The van der Waals surface area contributed by atoms with Gasteiger partial charge in [0.25, 0.3) is 0 Å². The first-order valence-corrected chi connectivity index (χ1v) is 5.09. The van der Waals surface area contributed by atoms with E-state index >= 15 is 0 Å². The molecule has 4 nitrogen and oxygen atoms in total. The number of nitrogens with one attached hydrogen (secondary N) is 2. The van der Waals surface area contributed by atoms with Crippen molar-refractivity contribution in [1.29, 1.82) is 0 Å². The number of piperidine rings is 1. The molecule has 2 N–H and O–H groups in total. The average Bonchev–Trinajstić information content (AvgIpc) is 2.20. The second-order valence-corrected chi connectivity index (χ2v) is 3.75. The van der Waals surface area contributed by atoms with Crippen LogP contribution in [0.15, 0.2) is 0 Å². The van der Waals surface area contributed by atoms with Crippen LogP contribution in [0, 0.1) is 0 Å². The van der Waals surface area contributed by atoms with E-state index < -0.39 is 0 Å². The Hall–Kier alpha value is -0.610. The van der Waals surface area contributed by atoms with Crippen LogP contribution in [0.25, 0.3) is 0 Å². The van der Waals surface area contributed by atoms with Crippen molar-refractivity contribution in [3.8, 4) is 0 Å². The van der Waals surface area contributed by atoms with Gasteiger partial charge in [0.2, 0.25) is 5.91 Å². The summed E-state index contributed by atoms with van der Waals surface area (Å²) in [5.41, 5.74) is 0. The number of hydrogen-bond donors (Lipinski definition) is 2. The Kier molecular flexibility index (Phi) is 2.80. The number of amides is 1. The van der Waals surface area contributed by atoms with Crippen molar-refractivity contribution in [1.82, 2.24) is 15.5 Å². The molecule has 1 amide bonds. The molecule has 2 aliphatic heterocycles. The molecule has 0 aliphatic carbocycles. The molecule has 74 valence electrons. The Morgan fingerprint density at radius 2 is 1.92 bits per heavy atom. The zero-order chi connectivity index (χ0) is 9.10. The lowest BCUT2D eigenvalue weighted by molar-refractivity contribution is -0.134. The summed E-state index contributed by atoms with van der Waals surface area (Å²) in [6.45, 7) is 4.49. The Morgan fingerprint density at radius 1 is 1.15 bits per heavy atom. The number of carbonyl (C=O) groups excluding carboxylic acids is 1. The molecule has 0 bridgehead atoms. The van der Waals surface area contributed by atoms with E-state index in [-0.39, 0.29) is 5.91 Å². The highest BCUT2D eigenvalue weighted by atomic mass is 16.2. The zero-order valence-electron chi connectivity index (χ0n) is 7.88. The quantitative estimate of drug-likeness (QED) is 0.558. The molecule has 4 heteroatoms. The van der Waals surface area contributed by atoms with Crippen molar-refractivity contribution in [2.24, 2.45) is 0 Å². The molecule has 2 rings (SSSR count). The Balaban J connectivity index is 1.92. The lowest BCUT2D eigenvalue weighted by atomic mass is 10.0. The number of rotatable bonds is 1. The van der Waals surface area contributed by atoms with Gasteiger partial charge in [-0.1, -0.05) is 0 Å². The van der Waals surface area contributed by atoms with Gasteiger partial charge in [0.05, 0.1) is 6.54 Å². The molecule has 0 radical (unpaired) electrons. The largest absolute Gasteiger partial charge is 0.337 e. The molecule has 0 atom stereocenters. The Labute approximate surface area is 78.7 Å². The number of hydrogen-bond acceptors (Lipinski definition) is 3. The number of nitrogens with zero attached hydrogens (tertiary/aromatic N) is 1. The van der Waals surface area contributed by atoms with Crippen molar-refractivity contribution < 1.29 is 4.79 Å². The van der Waals surface area contributed by atoms with Gasteiger partial charge in [0, 0.05) is 19.1 Å². The van der Waals surface area contributed by atoms with Crippen molar-refractivity contribution in [3.63, 3.8) is 0 Å². The van der Waals surface area contributed by atoms with Gasteiger partial charge >= 0.3 is 0 Å². The van der Waals surface area contributed by atoms with Crippen molar-refractivity contribution in [3.05, 3.63) is 0 Å². The standard InChI is InChI=1S/C9H17N3O/c13-9-7-11-5-6-12(9)8-1-3-10-4-2-8/h8,10-11H,1-7H2. The van der Waals surface area contributed by atoms with Crippen LogP contribution in [0.1, 0.15) is 12.8 Å². The predicted molar refractivity (Wildman–Crippen MR) is 50.5 cm³/mol. The monoisotopic (exact) mass is 183 g/mol. The van der Waals surface area contributed by atoms with E-state index in [1.54, 1.807) is 0 Å². The SMILES string of the molecule is O=C1CNCCN1C1CCNCC1. The van der Waals surface area contributed by atoms with Gasteiger partial charge in [-0.05, 0) is 25.9 Å². The highest BCUT2D eigenvalue weighted by Crippen LogP contribution is 2.12. The first-order valence-electron chi connectivity index (χ1n) is 5.09. The molecule has 13 heavy (non-hydrogen) atoms.